The van der Waals surface area contributed by atoms with Crippen molar-refractivity contribution in [1.82, 2.24) is 9.36 Å². The van der Waals surface area contributed by atoms with Crippen LogP contribution in [0.1, 0.15) is 44.9 Å². The first-order valence-electron chi connectivity index (χ1n) is 6.41. The molecule has 0 aliphatic heterocycles. The highest BCUT2D eigenvalue weighted by Gasteiger charge is 2.29. The molecule has 1 aliphatic rings. The monoisotopic (exact) mass is 271 g/mol. The fraction of sp³-hybridized carbons (Fsp3) is 0.833. The predicted molar refractivity (Wildman–Crippen MR) is 74.5 cm³/mol. The van der Waals surface area contributed by atoms with Gasteiger partial charge in [0.25, 0.3) is 0 Å². The Balaban J connectivity index is 1.93. The quantitative estimate of drug-likeness (QED) is 0.913. The third-order valence-electron chi connectivity index (χ3n) is 3.41. The SMILES string of the molecule is CCCC1CCC(N)C(Sc2nc(C)ns2)C1. The minimum Gasteiger partial charge on any atom is -0.327 e. The van der Waals surface area contributed by atoms with Crippen molar-refractivity contribution in [1.29, 1.82) is 0 Å². The van der Waals surface area contributed by atoms with Crippen molar-refractivity contribution >= 4 is 23.3 Å². The van der Waals surface area contributed by atoms with Crippen molar-refractivity contribution in [3.05, 3.63) is 5.82 Å². The van der Waals surface area contributed by atoms with Gasteiger partial charge in [0, 0.05) is 11.3 Å². The van der Waals surface area contributed by atoms with E-state index in [2.05, 4.69) is 16.3 Å². The van der Waals surface area contributed by atoms with Crippen molar-refractivity contribution in [2.45, 2.75) is 61.6 Å². The molecule has 0 bridgehead atoms. The number of aryl methyl sites for hydroxylation is 1. The predicted octanol–water partition coefficient (Wildman–Crippen LogP) is 3.23. The molecular weight excluding hydrogens is 250 g/mol. The summed E-state index contributed by atoms with van der Waals surface area (Å²) in [5.74, 6) is 1.75. The maximum atomic E-state index is 6.23. The number of thioether (sulfide) groups is 1. The van der Waals surface area contributed by atoms with Crippen LogP contribution in [0, 0.1) is 12.8 Å². The molecule has 1 saturated carbocycles. The van der Waals surface area contributed by atoms with Gasteiger partial charge in [-0.15, -0.1) is 0 Å². The fourth-order valence-electron chi connectivity index (χ4n) is 2.50. The Morgan fingerprint density at radius 2 is 2.29 bits per heavy atom. The molecule has 0 amide bonds. The molecular formula is C12H21N3S2. The summed E-state index contributed by atoms with van der Waals surface area (Å²) in [6.45, 7) is 4.21. The van der Waals surface area contributed by atoms with Crippen LogP contribution in [0.25, 0.3) is 0 Å². The normalized spacial score (nSPS) is 29.5. The van der Waals surface area contributed by atoms with E-state index in [9.17, 15) is 0 Å². The van der Waals surface area contributed by atoms with E-state index < -0.39 is 0 Å². The van der Waals surface area contributed by atoms with Gasteiger partial charge in [-0.05, 0) is 43.6 Å². The van der Waals surface area contributed by atoms with E-state index in [0.717, 1.165) is 16.1 Å². The summed E-state index contributed by atoms with van der Waals surface area (Å²) in [7, 11) is 0. The van der Waals surface area contributed by atoms with Crippen LogP contribution in [0.4, 0.5) is 0 Å². The molecule has 96 valence electrons. The summed E-state index contributed by atoms with van der Waals surface area (Å²) in [5, 5.41) is 0.535. The summed E-state index contributed by atoms with van der Waals surface area (Å²) in [4.78, 5) is 4.43. The molecule has 0 aromatic carbocycles. The topological polar surface area (TPSA) is 51.8 Å². The summed E-state index contributed by atoms with van der Waals surface area (Å²) < 4.78 is 5.31. The summed E-state index contributed by atoms with van der Waals surface area (Å²) in [5.41, 5.74) is 6.23. The van der Waals surface area contributed by atoms with Gasteiger partial charge in [-0.25, -0.2) is 4.98 Å². The molecule has 1 aromatic heterocycles. The van der Waals surface area contributed by atoms with E-state index in [1.165, 1.54) is 43.6 Å². The Morgan fingerprint density at radius 1 is 1.47 bits per heavy atom. The first-order chi connectivity index (χ1) is 8.19. The number of rotatable bonds is 4. The van der Waals surface area contributed by atoms with Gasteiger partial charge in [0.2, 0.25) is 0 Å². The van der Waals surface area contributed by atoms with Crippen LogP contribution in [-0.2, 0) is 0 Å². The number of hydrogen-bond donors (Lipinski definition) is 1. The van der Waals surface area contributed by atoms with Gasteiger partial charge in [-0.3, -0.25) is 0 Å². The second kappa shape index (κ2) is 6.16. The highest BCUT2D eigenvalue weighted by molar-refractivity contribution is 8.01. The lowest BCUT2D eigenvalue weighted by atomic mass is 9.83. The lowest BCUT2D eigenvalue weighted by Gasteiger charge is -2.33. The molecule has 17 heavy (non-hydrogen) atoms. The van der Waals surface area contributed by atoms with E-state index in [-0.39, 0.29) is 0 Å². The zero-order valence-electron chi connectivity index (χ0n) is 10.6. The van der Waals surface area contributed by atoms with Gasteiger partial charge >= 0.3 is 0 Å². The Labute approximate surface area is 112 Å². The minimum atomic E-state index is 0.331. The fourth-order valence-corrected chi connectivity index (χ4v) is 4.70. The van der Waals surface area contributed by atoms with Gasteiger partial charge in [-0.1, -0.05) is 31.5 Å². The van der Waals surface area contributed by atoms with Gasteiger partial charge in [0.15, 0.2) is 4.34 Å². The van der Waals surface area contributed by atoms with Crippen LogP contribution in [0.5, 0.6) is 0 Å². The Morgan fingerprint density at radius 3 is 2.94 bits per heavy atom. The first kappa shape index (κ1) is 13.3. The van der Waals surface area contributed by atoms with E-state index in [1.807, 2.05) is 18.7 Å². The molecule has 1 heterocycles. The first-order valence-corrected chi connectivity index (χ1v) is 8.07. The minimum absolute atomic E-state index is 0.331. The Bertz CT molecular complexity index is 353. The number of aromatic nitrogens is 2. The van der Waals surface area contributed by atoms with E-state index in [4.69, 9.17) is 5.73 Å². The zero-order valence-corrected chi connectivity index (χ0v) is 12.2. The highest BCUT2D eigenvalue weighted by atomic mass is 32.2. The maximum Gasteiger partial charge on any atom is 0.170 e. The average Bonchev–Trinajstić information content (AvgIpc) is 2.69. The zero-order chi connectivity index (χ0) is 12.3. The third kappa shape index (κ3) is 3.66. The third-order valence-corrected chi connectivity index (χ3v) is 5.66. The van der Waals surface area contributed by atoms with Crippen molar-refractivity contribution in [2.75, 3.05) is 0 Å². The van der Waals surface area contributed by atoms with Gasteiger partial charge in [0.05, 0.1) is 0 Å². The molecule has 2 N–H and O–H groups in total. The van der Waals surface area contributed by atoms with Crippen molar-refractivity contribution < 1.29 is 0 Å². The number of nitrogens with two attached hydrogens (primary N) is 1. The summed E-state index contributed by atoms with van der Waals surface area (Å²) >= 11 is 3.35. The lowest BCUT2D eigenvalue weighted by Crippen LogP contribution is -2.38. The lowest BCUT2D eigenvalue weighted by molar-refractivity contribution is 0.317. The Hall–Kier alpha value is -0.130. The summed E-state index contributed by atoms with van der Waals surface area (Å²) in [6, 6.07) is 0.331. The molecule has 2 rings (SSSR count). The molecule has 0 spiro atoms. The van der Waals surface area contributed by atoms with Crippen molar-refractivity contribution in [3.8, 4) is 0 Å². The van der Waals surface area contributed by atoms with Gasteiger partial charge < -0.3 is 5.73 Å². The standard InChI is InChI=1S/C12H21N3S2/c1-3-4-9-5-6-10(13)11(7-9)16-12-14-8(2)15-17-12/h9-11H,3-7,13H2,1-2H3. The van der Waals surface area contributed by atoms with Crippen LogP contribution in [0.2, 0.25) is 0 Å². The van der Waals surface area contributed by atoms with Gasteiger partial charge in [0.1, 0.15) is 5.82 Å². The molecule has 0 saturated heterocycles. The molecule has 1 fully saturated rings. The molecule has 5 heteroatoms. The summed E-state index contributed by atoms with van der Waals surface area (Å²) in [6.07, 6.45) is 6.35. The molecule has 1 aliphatic carbocycles. The molecule has 3 atom stereocenters. The van der Waals surface area contributed by atoms with Crippen LogP contribution >= 0.6 is 23.3 Å². The largest absolute Gasteiger partial charge is 0.327 e. The average molecular weight is 271 g/mol. The van der Waals surface area contributed by atoms with Crippen LogP contribution in [0.15, 0.2) is 4.34 Å². The van der Waals surface area contributed by atoms with Crippen molar-refractivity contribution in [2.24, 2.45) is 11.7 Å². The second-order valence-electron chi connectivity index (χ2n) is 4.90. The van der Waals surface area contributed by atoms with E-state index in [1.54, 1.807) is 0 Å². The van der Waals surface area contributed by atoms with Gasteiger partial charge in [-0.2, -0.15) is 4.37 Å². The van der Waals surface area contributed by atoms with Crippen LogP contribution < -0.4 is 5.73 Å². The van der Waals surface area contributed by atoms with E-state index >= 15 is 0 Å². The van der Waals surface area contributed by atoms with Crippen LogP contribution in [-0.4, -0.2) is 20.6 Å². The number of nitrogens with zero attached hydrogens (tertiary/aromatic N) is 2. The van der Waals surface area contributed by atoms with E-state index in [0.29, 0.717) is 11.3 Å². The Kier molecular flexibility index (Phi) is 4.82. The molecule has 1 aromatic rings. The molecule has 0 radical (unpaired) electrons. The van der Waals surface area contributed by atoms with Crippen molar-refractivity contribution in [3.63, 3.8) is 0 Å². The maximum absolute atomic E-state index is 6.23. The second-order valence-corrected chi connectivity index (χ2v) is 7.13. The smallest absolute Gasteiger partial charge is 0.170 e. The van der Waals surface area contributed by atoms with Crippen LogP contribution in [0.3, 0.4) is 0 Å². The number of hydrogen-bond acceptors (Lipinski definition) is 5. The molecule has 3 unspecified atom stereocenters. The highest BCUT2D eigenvalue weighted by Crippen LogP contribution is 2.37. The molecule has 3 nitrogen and oxygen atoms in total.